The second kappa shape index (κ2) is 3.65. The van der Waals surface area contributed by atoms with Crippen LogP contribution in [0.25, 0.3) is 5.69 Å². The van der Waals surface area contributed by atoms with Crippen molar-refractivity contribution < 1.29 is 4.39 Å². The van der Waals surface area contributed by atoms with Gasteiger partial charge in [-0.25, -0.2) is 4.39 Å². The number of benzene rings is 1. The fraction of sp³-hybridized carbons (Fsp3) is 0.0909. The fourth-order valence-electron chi connectivity index (χ4n) is 1.27. The number of hydrogen-bond donors (Lipinski definition) is 0. The summed E-state index contributed by atoms with van der Waals surface area (Å²) in [7, 11) is 0. The summed E-state index contributed by atoms with van der Waals surface area (Å²) in [5, 5.41) is 3.86. The molecule has 1 aromatic heterocycles. The largest absolute Gasteiger partial charge is 0.271 e. The van der Waals surface area contributed by atoms with E-state index in [-0.39, 0.29) is 11.4 Å². The molecule has 0 aliphatic carbocycles. The van der Waals surface area contributed by atoms with Gasteiger partial charge in [0.1, 0.15) is 5.82 Å². The first-order valence-corrected chi connectivity index (χ1v) is 4.49. The van der Waals surface area contributed by atoms with Gasteiger partial charge in [-0.1, -0.05) is 6.07 Å². The van der Waals surface area contributed by atoms with Crippen LogP contribution in [-0.4, -0.2) is 9.78 Å². The molecule has 0 atom stereocenters. The molecule has 0 fully saturated rings. The first-order valence-electron chi connectivity index (χ1n) is 4.49. The zero-order valence-corrected chi connectivity index (χ0v) is 8.14. The van der Waals surface area contributed by atoms with E-state index in [1.807, 2.05) is 0 Å². The second-order valence-electron chi connectivity index (χ2n) is 3.21. The van der Waals surface area contributed by atoms with Crippen LogP contribution in [0, 0.1) is 12.7 Å². The molecule has 2 rings (SSSR count). The first kappa shape index (κ1) is 9.58. The molecular weight excluding hydrogens is 195 g/mol. The van der Waals surface area contributed by atoms with Gasteiger partial charge in [-0.2, -0.15) is 9.78 Å². The molecule has 0 N–H and O–H groups in total. The van der Waals surface area contributed by atoms with E-state index in [0.29, 0.717) is 11.3 Å². The summed E-state index contributed by atoms with van der Waals surface area (Å²) >= 11 is 0. The average molecular weight is 204 g/mol. The Kier molecular flexibility index (Phi) is 2.33. The van der Waals surface area contributed by atoms with E-state index in [1.165, 1.54) is 18.3 Å². The van der Waals surface area contributed by atoms with E-state index in [9.17, 15) is 9.18 Å². The molecule has 0 saturated heterocycles. The molecule has 2 aromatic rings. The van der Waals surface area contributed by atoms with Gasteiger partial charge in [0.25, 0.3) is 5.56 Å². The van der Waals surface area contributed by atoms with Crippen LogP contribution in [0.5, 0.6) is 0 Å². The highest BCUT2D eigenvalue weighted by Crippen LogP contribution is 2.10. The van der Waals surface area contributed by atoms with Crippen LogP contribution in [0.4, 0.5) is 4.39 Å². The minimum atomic E-state index is -0.343. The van der Waals surface area contributed by atoms with Crippen molar-refractivity contribution in [2.45, 2.75) is 6.92 Å². The molecule has 15 heavy (non-hydrogen) atoms. The summed E-state index contributed by atoms with van der Waals surface area (Å²) in [5.74, 6) is -0.343. The molecule has 4 heteroatoms. The van der Waals surface area contributed by atoms with E-state index in [2.05, 4.69) is 5.10 Å². The number of halogens is 1. The van der Waals surface area contributed by atoms with Gasteiger partial charge in [0.05, 0.1) is 5.69 Å². The quantitative estimate of drug-likeness (QED) is 0.708. The predicted molar refractivity (Wildman–Crippen MR) is 54.5 cm³/mol. The summed E-state index contributed by atoms with van der Waals surface area (Å²) in [4.78, 5) is 11.4. The third-order valence-corrected chi connectivity index (χ3v) is 2.12. The van der Waals surface area contributed by atoms with Crippen molar-refractivity contribution in [1.82, 2.24) is 9.78 Å². The minimum Gasteiger partial charge on any atom is -0.267 e. The Balaban J connectivity index is 2.60. The SMILES string of the molecule is Cc1ccc(-n2ncccc2=O)cc1F. The van der Waals surface area contributed by atoms with Crippen molar-refractivity contribution in [2.75, 3.05) is 0 Å². The maximum absolute atomic E-state index is 13.3. The summed E-state index contributed by atoms with van der Waals surface area (Å²) in [5.41, 5.74) is 0.701. The van der Waals surface area contributed by atoms with Gasteiger partial charge in [0, 0.05) is 12.3 Å². The van der Waals surface area contributed by atoms with E-state index >= 15 is 0 Å². The van der Waals surface area contributed by atoms with Crippen LogP contribution in [0.1, 0.15) is 5.56 Å². The van der Waals surface area contributed by atoms with Crippen molar-refractivity contribution in [1.29, 1.82) is 0 Å². The van der Waals surface area contributed by atoms with Crippen LogP contribution in [0.2, 0.25) is 0 Å². The molecule has 0 spiro atoms. The van der Waals surface area contributed by atoms with Gasteiger partial charge in [-0.05, 0) is 30.7 Å². The van der Waals surface area contributed by atoms with Crippen molar-refractivity contribution in [3.63, 3.8) is 0 Å². The van der Waals surface area contributed by atoms with E-state index in [4.69, 9.17) is 0 Å². The number of aromatic nitrogens is 2. The monoisotopic (exact) mass is 204 g/mol. The average Bonchev–Trinajstić information content (AvgIpc) is 2.23. The van der Waals surface area contributed by atoms with Crippen LogP contribution < -0.4 is 5.56 Å². The van der Waals surface area contributed by atoms with Gasteiger partial charge in [-0.3, -0.25) is 4.79 Å². The fourth-order valence-corrected chi connectivity index (χ4v) is 1.27. The Morgan fingerprint density at radius 2 is 2.13 bits per heavy atom. The zero-order valence-electron chi connectivity index (χ0n) is 8.14. The number of hydrogen-bond acceptors (Lipinski definition) is 2. The summed E-state index contributed by atoms with van der Waals surface area (Å²) in [6, 6.07) is 7.50. The Morgan fingerprint density at radius 3 is 2.80 bits per heavy atom. The number of aryl methyl sites for hydroxylation is 1. The lowest BCUT2D eigenvalue weighted by Gasteiger charge is -2.04. The maximum Gasteiger partial charge on any atom is 0.271 e. The Morgan fingerprint density at radius 1 is 1.33 bits per heavy atom. The van der Waals surface area contributed by atoms with Crippen molar-refractivity contribution in [2.24, 2.45) is 0 Å². The standard InChI is InChI=1S/C11H9FN2O/c1-8-4-5-9(7-10(8)12)14-11(15)3-2-6-13-14/h2-7H,1H3. The molecule has 0 aliphatic rings. The highest BCUT2D eigenvalue weighted by molar-refractivity contribution is 5.34. The summed E-state index contributed by atoms with van der Waals surface area (Å²) in [6.07, 6.45) is 1.49. The minimum absolute atomic E-state index is 0.277. The molecule has 0 amide bonds. The van der Waals surface area contributed by atoms with Gasteiger partial charge in [-0.15, -0.1) is 0 Å². The van der Waals surface area contributed by atoms with Crippen molar-refractivity contribution >= 4 is 0 Å². The number of rotatable bonds is 1. The number of nitrogens with zero attached hydrogens (tertiary/aromatic N) is 2. The highest BCUT2D eigenvalue weighted by atomic mass is 19.1. The van der Waals surface area contributed by atoms with Gasteiger partial charge < -0.3 is 0 Å². The van der Waals surface area contributed by atoms with Crippen LogP contribution in [0.3, 0.4) is 0 Å². The lowest BCUT2D eigenvalue weighted by molar-refractivity contribution is 0.615. The molecule has 1 aromatic carbocycles. The molecule has 0 saturated carbocycles. The third-order valence-electron chi connectivity index (χ3n) is 2.12. The highest BCUT2D eigenvalue weighted by Gasteiger charge is 2.02. The summed E-state index contributed by atoms with van der Waals surface area (Å²) in [6.45, 7) is 1.67. The molecule has 0 unspecified atom stereocenters. The second-order valence-corrected chi connectivity index (χ2v) is 3.21. The lowest BCUT2D eigenvalue weighted by atomic mass is 10.2. The van der Waals surface area contributed by atoms with Gasteiger partial charge in [0.15, 0.2) is 0 Å². The van der Waals surface area contributed by atoms with Crippen molar-refractivity contribution in [3.8, 4) is 5.69 Å². The zero-order chi connectivity index (χ0) is 10.8. The third kappa shape index (κ3) is 1.79. The first-order chi connectivity index (χ1) is 7.18. The van der Waals surface area contributed by atoms with E-state index in [1.54, 1.807) is 25.1 Å². The Hall–Kier alpha value is -1.97. The molecule has 3 nitrogen and oxygen atoms in total. The molecule has 0 bridgehead atoms. The normalized spacial score (nSPS) is 10.3. The maximum atomic E-state index is 13.3. The Bertz CT molecular complexity index is 548. The topological polar surface area (TPSA) is 34.9 Å². The molecule has 1 heterocycles. The lowest BCUT2D eigenvalue weighted by Crippen LogP contribution is -2.19. The smallest absolute Gasteiger partial charge is 0.267 e. The predicted octanol–water partition coefficient (Wildman–Crippen LogP) is 1.68. The molecular formula is C11H9FN2O. The van der Waals surface area contributed by atoms with Crippen LogP contribution in [-0.2, 0) is 0 Å². The van der Waals surface area contributed by atoms with Gasteiger partial charge >= 0.3 is 0 Å². The Labute approximate surface area is 85.8 Å². The van der Waals surface area contributed by atoms with Crippen molar-refractivity contribution in [3.05, 3.63) is 58.3 Å². The van der Waals surface area contributed by atoms with Crippen LogP contribution in [0.15, 0.2) is 41.3 Å². The molecule has 76 valence electrons. The van der Waals surface area contributed by atoms with E-state index in [0.717, 1.165) is 4.68 Å². The summed E-state index contributed by atoms with van der Waals surface area (Å²) < 4.78 is 14.4. The van der Waals surface area contributed by atoms with E-state index < -0.39 is 0 Å². The molecule has 0 radical (unpaired) electrons. The van der Waals surface area contributed by atoms with Gasteiger partial charge in [0.2, 0.25) is 0 Å². The molecule has 0 aliphatic heterocycles. The van der Waals surface area contributed by atoms with Crippen LogP contribution >= 0.6 is 0 Å².